The molecule has 2 N–H and O–H groups in total. The molecule has 27 heavy (non-hydrogen) atoms. The van der Waals surface area contributed by atoms with Crippen LogP contribution < -0.4 is 5.73 Å². The van der Waals surface area contributed by atoms with Crippen LogP contribution in [0.15, 0.2) is 73.6 Å². The highest BCUT2D eigenvalue weighted by Gasteiger charge is 2.25. The molecule has 1 atom stereocenters. The lowest BCUT2D eigenvalue weighted by Crippen LogP contribution is -2.40. The molecule has 0 aliphatic rings. The van der Waals surface area contributed by atoms with E-state index in [0.29, 0.717) is 13.1 Å². The predicted molar refractivity (Wildman–Crippen MR) is 104 cm³/mol. The summed E-state index contributed by atoms with van der Waals surface area (Å²) in [6, 6.07) is 11.2. The van der Waals surface area contributed by atoms with Gasteiger partial charge in [0.25, 0.3) is 0 Å². The van der Waals surface area contributed by atoms with Gasteiger partial charge in [-0.1, -0.05) is 6.07 Å². The van der Waals surface area contributed by atoms with Crippen LogP contribution in [0, 0.1) is 0 Å². The molecule has 1 amide bonds. The Morgan fingerprint density at radius 3 is 1.85 bits per heavy atom. The molecule has 0 radical (unpaired) electrons. The van der Waals surface area contributed by atoms with Gasteiger partial charge in [0, 0.05) is 50.3 Å². The smallest absolute Gasteiger partial charge is 0.239 e. The van der Waals surface area contributed by atoms with Gasteiger partial charge in [0.05, 0.1) is 0 Å². The molecule has 0 fully saturated rings. The average molecular weight is 361 g/mol. The van der Waals surface area contributed by atoms with E-state index in [2.05, 4.69) is 19.9 Å². The third kappa shape index (κ3) is 5.43. The van der Waals surface area contributed by atoms with Crippen LogP contribution in [-0.2, 0) is 17.6 Å². The van der Waals surface area contributed by atoms with Gasteiger partial charge in [-0.25, -0.2) is 0 Å². The molecule has 0 bridgehead atoms. The number of amides is 1. The highest BCUT2D eigenvalue weighted by Crippen LogP contribution is 2.21. The molecule has 0 aliphatic carbocycles. The van der Waals surface area contributed by atoms with E-state index in [0.717, 1.165) is 18.4 Å². The number of rotatable bonds is 9. The first kappa shape index (κ1) is 18.7. The Balaban J connectivity index is 1.79. The van der Waals surface area contributed by atoms with Gasteiger partial charge in [-0.3, -0.25) is 24.6 Å². The van der Waals surface area contributed by atoms with E-state index in [9.17, 15) is 4.79 Å². The second-order valence-electron chi connectivity index (χ2n) is 6.34. The minimum Gasteiger partial charge on any atom is -0.368 e. The summed E-state index contributed by atoms with van der Waals surface area (Å²) in [7, 11) is 0. The molecule has 6 nitrogen and oxygen atoms in total. The summed E-state index contributed by atoms with van der Waals surface area (Å²) in [5, 5.41) is 0. The zero-order valence-corrected chi connectivity index (χ0v) is 15.1. The molecule has 3 aromatic heterocycles. The van der Waals surface area contributed by atoms with Crippen LogP contribution in [0.2, 0.25) is 0 Å². The van der Waals surface area contributed by atoms with Crippen LogP contribution in [0.5, 0.6) is 0 Å². The molecular formula is C21H23N5O. The summed E-state index contributed by atoms with van der Waals surface area (Å²) in [5.74, 6) is -0.368. The molecule has 3 heterocycles. The SMILES string of the molecule is NC(=O)C(c1cccnc1)N(CCc1ccncc1)CCc1ccncc1. The lowest BCUT2D eigenvalue weighted by molar-refractivity contribution is -0.123. The fourth-order valence-electron chi connectivity index (χ4n) is 3.11. The Labute approximate surface area is 159 Å². The summed E-state index contributed by atoms with van der Waals surface area (Å²) < 4.78 is 0. The maximum absolute atomic E-state index is 12.3. The Hall–Kier alpha value is -3.12. The summed E-state index contributed by atoms with van der Waals surface area (Å²) in [6.07, 6.45) is 12.1. The highest BCUT2D eigenvalue weighted by molar-refractivity contribution is 5.81. The highest BCUT2D eigenvalue weighted by atomic mass is 16.1. The molecule has 0 aromatic carbocycles. The van der Waals surface area contributed by atoms with Crippen LogP contribution in [0.1, 0.15) is 22.7 Å². The molecular weight excluding hydrogens is 338 g/mol. The number of carbonyl (C=O) groups is 1. The third-order valence-corrected chi connectivity index (χ3v) is 4.51. The zero-order chi connectivity index (χ0) is 18.9. The summed E-state index contributed by atoms with van der Waals surface area (Å²) >= 11 is 0. The average Bonchev–Trinajstić information content (AvgIpc) is 2.72. The monoisotopic (exact) mass is 361 g/mol. The van der Waals surface area contributed by atoms with Crippen molar-refractivity contribution in [3.05, 3.63) is 90.3 Å². The normalized spacial score (nSPS) is 12.0. The Morgan fingerprint density at radius 2 is 1.41 bits per heavy atom. The lowest BCUT2D eigenvalue weighted by Gasteiger charge is -2.30. The summed E-state index contributed by atoms with van der Waals surface area (Å²) in [5.41, 5.74) is 8.94. The van der Waals surface area contributed by atoms with Crippen LogP contribution in [0.3, 0.4) is 0 Å². The lowest BCUT2D eigenvalue weighted by atomic mass is 10.0. The standard InChI is InChI=1S/C21H23N5O/c22-21(27)20(19-2-1-9-25-16-19)26(14-7-17-3-10-23-11-4-17)15-8-18-5-12-24-13-6-18/h1-6,9-13,16,20H,7-8,14-15H2,(H2,22,27). The van der Waals surface area contributed by atoms with Gasteiger partial charge in [0.15, 0.2) is 0 Å². The number of nitrogens with zero attached hydrogens (tertiary/aromatic N) is 4. The van der Waals surface area contributed by atoms with E-state index in [1.807, 2.05) is 36.4 Å². The van der Waals surface area contributed by atoms with E-state index in [4.69, 9.17) is 5.73 Å². The first-order chi connectivity index (χ1) is 13.2. The third-order valence-electron chi connectivity index (χ3n) is 4.51. The molecule has 0 spiro atoms. The van der Waals surface area contributed by atoms with Gasteiger partial charge in [0.1, 0.15) is 6.04 Å². The van der Waals surface area contributed by atoms with Crippen LogP contribution in [0.25, 0.3) is 0 Å². The minimum absolute atomic E-state index is 0.368. The number of aromatic nitrogens is 3. The van der Waals surface area contributed by atoms with Gasteiger partial charge in [-0.05, 0) is 59.9 Å². The Bertz CT molecular complexity index is 783. The van der Waals surface area contributed by atoms with E-state index in [1.165, 1.54) is 11.1 Å². The van der Waals surface area contributed by atoms with E-state index >= 15 is 0 Å². The van der Waals surface area contributed by atoms with Crippen molar-refractivity contribution in [1.29, 1.82) is 0 Å². The van der Waals surface area contributed by atoms with E-state index < -0.39 is 6.04 Å². The number of hydrogen-bond acceptors (Lipinski definition) is 5. The van der Waals surface area contributed by atoms with E-state index in [-0.39, 0.29) is 5.91 Å². The zero-order valence-electron chi connectivity index (χ0n) is 15.1. The summed E-state index contributed by atoms with van der Waals surface area (Å²) in [6.45, 7) is 1.41. The maximum Gasteiger partial charge on any atom is 0.239 e. The van der Waals surface area contributed by atoms with Crippen molar-refractivity contribution in [3.63, 3.8) is 0 Å². The number of pyridine rings is 3. The molecule has 0 saturated heterocycles. The molecule has 3 rings (SSSR count). The first-order valence-corrected chi connectivity index (χ1v) is 8.95. The quantitative estimate of drug-likeness (QED) is 0.631. The van der Waals surface area contributed by atoms with Gasteiger partial charge < -0.3 is 5.73 Å². The van der Waals surface area contributed by atoms with E-state index in [1.54, 1.807) is 37.2 Å². The Morgan fingerprint density at radius 1 is 0.852 bits per heavy atom. The van der Waals surface area contributed by atoms with Crippen molar-refractivity contribution in [2.45, 2.75) is 18.9 Å². The minimum atomic E-state index is -0.512. The van der Waals surface area contributed by atoms with Gasteiger partial charge in [-0.2, -0.15) is 0 Å². The van der Waals surface area contributed by atoms with Crippen molar-refractivity contribution in [1.82, 2.24) is 19.9 Å². The topological polar surface area (TPSA) is 85.0 Å². The number of nitrogens with two attached hydrogens (primary N) is 1. The van der Waals surface area contributed by atoms with Crippen molar-refractivity contribution >= 4 is 5.91 Å². The fourth-order valence-corrected chi connectivity index (χ4v) is 3.11. The maximum atomic E-state index is 12.3. The first-order valence-electron chi connectivity index (χ1n) is 8.95. The van der Waals surface area contributed by atoms with Crippen molar-refractivity contribution < 1.29 is 4.79 Å². The van der Waals surface area contributed by atoms with Crippen molar-refractivity contribution in [3.8, 4) is 0 Å². The predicted octanol–water partition coefficient (Wildman–Crippen LogP) is 2.19. The second kappa shape index (κ2) is 9.54. The molecule has 1 unspecified atom stereocenters. The molecule has 0 aliphatic heterocycles. The number of primary amides is 1. The van der Waals surface area contributed by atoms with Crippen LogP contribution >= 0.6 is 0 Å². The molecule has 6 heteroatoms. The fraction of sp³-hybridized carbons (Fsp3) is 0.238. The van der Waals surface area contributed by atoms with Gasteiger partial charge >= 0.3 is 0 Å². The van der Waals surface area contributed by atoms with Crippen LogP contribution in [0.4, 0.5) is 0 Å². The summed E-state index contributed by atoms with van der Waals surface area (Å²) in [4.78, 5) is 26.7. The van der Waals surface area contributed by atoms with Gasteiger partial charge in [-0.15, -0.1) is 0 Å². The van der Waals surface area contributed by atoms with Gasteiger partial charge in [0.2, 0.25) is 5.91 Å². The van der Waals surface area contributed by atoms with Crippen LogP contribution in [-0.4, -0.2) is 38.8 Å². The second-order valence-corrected chi connectivity index (χ2v) is 6.34. The molecule has 0 saturated carbocycles. The molecule has 138 valence electrons. The number of carbonyl (C=O) groups excluding carboxylic acids is 1. The van der Waals surface area contributed by atoms with Crippen molar-refractivity contribution in [2.75, 3.05) is 13.1 Å². The number of hydrogen-bond donors (Lipinski definition) is 1. The largest absolute Gasteiger partial charge is 0.368 e. The van der Waals surface area contributed by atoms with Crippen molar-refractivity contribution in [2.24, 2.45) is 5.73 Å². The Kier molecular flexibility index (Phi) is 6.60. The molecule has 3 aromatic rings.